The van der Waals surface area contributed by atoms with Crippen LogP contribution in [0.25, 0.3) is 0 Å². The summed E-state index contributed by atoms with van der Waals surface area (Å²) in [6, 6.07) is 2.33. The van der Waals surface area contributed by atoms with Gasteiger partial charge in [0.1, 0.15) is 5.54 Å². The van der Waals surface area contributed by atoms with E-state index < -0.39 is 5.54 Å². The molecule has 1 saturated heterocycles. The molecule has 1 fully saturated rings. The fraction of sp³-hybridized carbons (Fsp3) is 0.857. The first-order chi connectivity index (χ1) is 8.64. The predicted molar refractivity (Wildman–Crippen MR) is 75.6 cm³/mol. The van der Waals surface area contributed by atoms with Gasteiger partial charge in [0.2, 0.25) is 5.91 Å². The Morgan fingerprint density at radius 2 is 1.68 bits per heavy atom. The molecular weight excluding hydrogens is 240 g/mol. The molecule has 0 aliphatic carbocycles. The van der Waals surface area contributed by atoms with E-state index >= 15 is 0 Å². The molecule has 0 aromatic rings. The minimum Gasteiger partial charge on any atom is -0.350 e. The lowest BCUT2D eigenvalue weighted by molar-refractivity contribution is -0.124. The van der Waals surface area contributed by atoms with Crippen LogP contribution in [0.5, 0.6) is 0 Å². The number of carbonyl (C=O) groups excluding carboxylic acids is 1. The van der Waals surface area contributed by atoms with Crippen molar-refractivity contribution >= 4 is 5.91 Å². The molecule has 19 heavy (non-hydrogen) atoms. The SMILES string of the molecule is CC(C)(C)NC(=O)CN1CCN(C(C)(C)C#N)CC1. The Labute approximate surface area is 116 Å². The second-order valence-electron chi connectivity index (χ2n) is 6.73. The van der Waals surface area contributed by atoms with Gasteiger partial charge in [-0.3, -0.25) is 14.6 Å². The lowest BCUT2D eigenvalue weighted by Crippen LogP contribution is -2.56. The Kier molecular flexibility index (Phi) is 4.94. The first kappa shape index (κ1) is 15.9. The van der Waals surface area contributed by atoms with Crippen molar-refractivity contribution in [3.8, 4) is 6.07 Å². The fourth-order valence-electron chi connectivity index (χ4n) is 2.20. The number of hydrogen-bond acceptors (Lipinski definition) is 4. The molecule has 1 heterocycles. The van der Waals surface area contributed by atoms with Crippen LogP contribution in [0, 0.1) is 11.3 Å². The van der Waals surface area contributed by atoms with Gasteiger partial charge in [-0.2, -0.15) is 5.26 Å². The molecule has 1 aliphatic rings. The third kappa shape index (κ3) is 5.17. The summed E-state index contributed by atoms with van der Waals surface area (Å²) in [5.41, 5.74) is -0.596. The van der Waals surface area contributed by atoms with Crippen LogP contribution in [-0.2, 0) is 4.79 Å². The van der Waals surface area contributed by atoms with Crippen molar-refractivity contribution in [2.45, 2.75) is 45.7 Å². The van der Waals surface area contributed by atoms with Gasteiger partial charge in [0.25, 0.3) is 0 Å². The van der Waals surface area contributed by atoms with Crippen molar-refractivity contribution in [3.05, 3.63) is 0 Å². The smallest absolute Gasteiger partial charge is 0.234 e. The normalized spacial score (nSPS) is 18.9. The molecule has 0 atom stereocenters. The van der Waals surface area contributed by atoms with Crippen LogP contribution in [0.1, 0.15) is 34.6 Å². The first-order valence-corrected chi connectivity index (χ1v) is 6.84. The number of amides is 1. The standard InChI is InChI=1S/C14H26N4O/c1-13(2,3)16-12(19)10-17-6-8-18(9-7-17)14(4,5)11-15/h6-10H2,1-5H3,(H,16,19). The van der Waals surface area contributed by atoms with E-state index in [2.05, 4.69) is 21.2 Å². The molecular formula is C14H26N4O. The maximum atomic E-state index is 11.8. The predicted octanol–water partition coefficient (Wildman–Crippen LogP) is 0.821. The van der Waals surface area contributed by atoms with E-state index in [0.29, 0.717) is 6.54 Å². The molecule has 0 saturated carbocycles. The van der Waals surface area contributed by atoms with Crippen LogP contribution >= 0.6 is 0 Å². The molecule has 5 nitrogen and oxygen atoms in total. The maximum Gasteiger partial charge on any atom is 0.234 e. The van der Waals surface area contributed by atoms with E-state index in [-0.39, 0.29) is 11.4 Å². The second kappa shape index (κ2) is 5.89. The Bertz CT molecular complexity index is 357. The zero-order valence-electron chi connectivity index (χ0n) is 12.8. The van der Waals surface area contributed by atoms with Crippen molar-refractivity contribution in [1.29, 1.82) is 5.26 Å². The van der Waals surface area contributed by atoms with Crippen LogP contribution < -0.4 is 5.32 Å². The molecule has 0 radical (unpaired) electrons. The average molecular weight is 266 g/mol. The van der Waals surface area contributed by atoms with Gasteiger partial charge in [0.15, 0.2) is 0 Å². The van der Waals surface area contributed by atoms with Crippen LogP contribution in [0.2, 0.25) is 0 Å². The van der Waals surface area contributed by atoms with Gasteiger partial charge in [0, 0.05) is 31.7 Å². The highest BCUT2D eigenvalue weighted by Crippen LogP contribution is 2.15. The number of carbonyl (C=O) groups is 1. The van der Waals surface area contributed by atoms with Crippen molar-refractivity contribution < 1.29 is 4.79 Å². The Morgan fingerprint density at radius 3 is 2.11 bits per heavy atom. The molecule has 0 bridgehead atoms. The minimum absolute atomic E-state index is 0.0699. The minimum atomic E-state index is -0.417. The van der Waals surface area contributed by atoms with Crippen LogP contribution in [0.4, 0.5) is 0 Å². The molecule has 0 spiro atoms. The number of nitrogens with zero attached hydrogens (tertiary/aromatic N) is 3. The van der Waals surface area contributed by atoms with Crippen molar-refractivity contribution in [1.82, 2.24) is 15.1 Å². The first-order valence-electron chi connectivity index (χ1n) is 6.84. The Balaban J connectivity index is 2.39. The van der Waals surface area contributed by atoms with Gasteiger partial charge in [0.05, 0.1) is 12.6 Å². The van der Waals surface area contributed by atoms with E-state index in [1.165, 1.54) is 0 Å². The molecule has 1 N–H and O–H groups in total. The topological polar surface area (TPSA) is 59.4 Å². The summed E-state index contributed by atoms with van der Waals surface area (Å²) in [5, 5.41) is 12.1. The zero-order chi connectivity index (χ0) is 14.7. The van der Waals surface area contributed by atoms with Gasteiger partial charge in [-0.1, -0.05) is 0 Å². The van der Waals surface area contributed by atoms with Crippen LogP contribution in [-0.4, -0.2) is 59.5 Å². The van der Waals surface area contributed by atoms with E-state index in [1.54, 1.807) is 0 Å². The number of piperazine rings is 1. The Morgan fingerprint density at radius 1 is 1.16 bits per heavy atom. The number of nitriles is 1. The highest BCUT2D eigenvalue weighted by atomic mass is 16.2. The number of rotatable bonds is 3. The maximum absolute atomic E-state index is 11.8. The third-order valence-electron chi connectivity index (χ3n) is 3.32. The van der Waals surface area contributed by atoms with Gasteiger partial charge in [-0.15, -0.1) is 0 Å². The molecule has 1 amide bonds. The van der Waals surface area contributed by atoms with Gasteiger partial charge >= 0.3 is 0 Å². The van der Waals surface area contributed by atoms with Crippen molar-refractivity contribution in [2.24, 2.45) is 0 Å². The van der Waals surface area contributed by atoms with Gasteiger partial charge in [-0.05, 0) is 34.6 Å². The summed E-state index contributed by atoms with van der Waals surface area (Å²) in [4.78, 5) is 16.2. The Hall–Kier alpha value is -1.12. The third-order valence-corrected chi connectivity index (χ3v) is 3.32. The highest BCUT2D eigenvalue weighted by molar-refractivity contribution is 5.78. The van der Waals surface area contributed by atoms with E-state index in [9.17, 15) is 4.79 Å². The summed E-state index contributed by atoms with van der Waals surface area (Å²) in [7, 11) is 0. The molecule has 1 aliphatic heterocycles. The van der Waals surface area contributed by atoms with Crippen molar-refractivity contribution in [2.75, 3.05) is 32.7 Å². The summed E-state index contributed by atoms with van der Waals surface area (Å²) in [5.74, 6) is 0.0699. The molecule has 1 rings (SSSR count). The zero-order valence-corrected chi connectivity index (χ0v) is 12.8. The molecule has 0 aromatic carbocycles. The summed E-state index contributed by atoms with van der Waals surface area (Å²) in [6.45, 7) is 13.6. The summed E-state index contributed by atoms with van der Waals surface area (Å²) >= 11 is 0. The van der Waals surface area contributed by atoms with Crippen LogP contribution in [0.3, 0.4) is 0 Å². The second-order valence-corrected chi connectivity index (χ2v) is 6.73. The van der Waals surface area contributed by atoms with E-state index in [1.807, 2.05) is 34.6 Å². The van der Waals surface area contributed by atoms with Crippen LogP contribution in [0.15, 0.2) is 0 Å². The lowest BCUT2D eigenvalue weighted by Gasteiger charge is -2.40. The quantitative estimate of drug-likeness (QED) is 0.821. The average Bonchev–Trinajstić information content (AvgIpc) is 2.27. The van der Waals surface area contributed by atoms with E-state index in [4.69, 9.17) is 5.26 Å². The van der Waals surface area contributed by atoms with Gasteiger partial charge in [-0.25, -0.2) is 0 Å². The summed E-state index contributed by atoms with van der Waals surface area (Å²) in [6.07, 6.45) is 0. The summed E-state index contributed by atoms with van der Waals surface area (Å²) < 4.78 is 0. The molecule has 108 valence electrons. The lowest BCUT2D eigenvalue weighted by atomic mass is 10.0. The van der Waals surface area contributed by atoms with Gasteiger partial charge < -0.3 is 5.32 Å². The highest BCUT2D eigenvalue weighted by Gasteiger charge is 2.30. The fourth-order valence-corrected chi connectivity index (χ4v) is 2.20. The molecule has 5 heteroatoms. The number of nitrogens with one attached hydrogen (secondary N) is 1. The number of hydrogen-bond donors (Lipinski definition) is 1. The largest absolute Gasteiger partial charge is 0.350 e. The molecule has 0 unspecified atom stereocenters. The van der Waals surface area contributed by atoms with E-state index in [0.717, 1.165) is 26.2 Å². The monoisotopic (exact) mass is 266 g/mol. The van der Waals surface area contributed by atoms with Crippen molar-refractivity contribution in [3.63, 3.8) is 0 Å². The molecule has 0 aromatic heterocycles.